The molecule has 2 aromatic carbocycles. The molecule has 7 nitrogen and oxygen atoms in total. The van der Waals surface area contributed by atoms with Crippen LogP contribution < -0.4 is 14.8 Å². The number of nitrogens with one attached hydrogen (secondary N) is 1. The number of amides is 1. The topological polar surface area (TPSA) is 97.7 Å². The minimum absolute atomic E-state index is 0.117. The summed E-state index contributed by atoms with van der Waals surface area (Å²) in [6.07, 6.45) is 1.38. The molecule has 0 aliphatic rings. The van der Waals surface area contributed by atoms with E-state index in [0.29, 0.717) is 11.3 Å². The third-order valence-electron chi connectivity index (χ3n) is 3.88. The minimum atomic E-state index is -0.556. The van der Waals surface area contributed by atoms with Crippen LogP contribution in [-0.2, 0) is 14.3 Å². The number of halogens is 1. The SMILES string of the molecule is CCOC(=O)COc1c(Cl)cc(/C=C(\C#N)C(=O)Nc2ccc(C)cc2)cc1OC. The van der Waals surface area contributed by atoms with E-state index in [1.807, 2.05) is 25.1 Å². The van der Waals surface area contributed by atoms with E-state index in [2.05, 4.69) is 5.32 Å². The van der Waals surface area contributed by atoms with Gasteiger partial charge in [-0.1, -0.05) is 29.3 Å². The Labute approximate surface area is 179 Å². The van der Waals surface area contributed by atoms with Crippen LogP contribution in [0.4, 0.5) is 5.69 Å². The van der Waals surface area contributed by atoms with Crippen LogP contribution in [0.15, 0.2) is 42.0 Å². The van der Waals surface area contributed by atoms with Crippen LogP contribution in [0.3, 0.4) is 0 Å². The van der Waals surface area contributed by atoms with Gasteiger partial charge in [-0.15, -0.1) is 0 Å². The van der Waals surface area contributed by atoms with E-state index in [9.17, 15) is 14.9 Å². The number of nitriles is 1. The van der Waals surface area contributed by atoms with Crippen LogP contribution in [0.25, 0.3) is 6.08 Å². The highest BCUT2D eigenvalue weighted by molar-refractivity contribution is 6.32. The normalized spacial score (nSPS) is 10.7. The maximum absolute atomic E-state index is 12.4. The number of hydrogen-bond acceptors (Lipinski definition) is 6. The summed E-state index contributed by atoms with van der Waals surface area (Å²) in [5.74, 6) is -0.695. The summed E-state index contributed by atoms with van der Waals surface area (Å²) in [5, 5.41) is 12.2. The van der Waals surface area contributed by atoms with Crippen molar-refractivity contribution in [3.05, 3.63) is 58.1 Å². The molecule has 0 unspecified atom stereocenters. The fraction of sp³-hybridized carbons (Fsp3) is 0.227. The van der Waals surface area contributed by atoms with Crippen molar-refractivity contribution in [1.29, 1.82) is 5.26 Å². The molecular weight excluding hydrogens is 408 g/mol. The smallest absolute Gasteiger partial charge is 0.344 e. The number of nitrogens with zero attached hydrogens (tertiary/aromatic N) is 1. The first kappa shape index (κ1) is 22.8. The summed E-state index contributed by atoms with van der Waals surface area (Å²) in [5.41, 5.74) is 1.96. The first-order valence-electron chi connectivity index (χ1n) is 9.03. The third-order valence-corrected chi connectivity index (χ3v) is 4.16. The van der Waals surface area contributed by atoms with Crippen LogP contribution in [0.5, 0.6) is 11.5 Å². The van der Waals surface area contributed by atoms with Gasteiger partial charge in [0.1, 0.15) is 11.6 Å². The van der Waals surface area contributed by atoms with Gasteiger partial charge >= 0.3 is 5.97 Å². The number of aryl methyl sites for hydroxylation is 1. The molecule has 0 bridgehead atoms. The lowest BCUT2D eigenvalue weighted by atomic mass is 10.1. The Morgan fingerprint density at radius 2 is 1.93 bits per heavy atom. The predicted molar refractivity (Wildman–Crippen MR) is 114 cm³/mol. The predicted octanol–water partition coefficient (Wildman–Crippen LogP) is 4.14. The summed E-state index contributed by atoms with van der Waals surface area (Å²) in [6, 6.07) is 12.1. The zero-order valence-electron chi connectivity index (χ0n) is 16.8. The molecule has 0 saturated carbocycles. The monoisotopic (exact) mass is 428 g/mol. The van der Waals surface area contributed by atoms with Gasteiger partial charge in [0.05, 0.1) is 18.7 Å². The molecular formula is C22H21ClN2O5. The second kappa shape index (κ2) is 10.9. The lowest BCUT2D eigenvalue weighted by Crippen LogP contribution is -2.15. The van der Waals surface area contributed by atoms with Crippen molar-refractivity contribution in [1.82, 2.24) is 0 Å². The average Bonchev–Trinajstić information content (AvgIpc) is 2.72. The first-order chi connectivity index (χ1) is 14.4. The van der Waals surface area contributed by atoms with E-state index in [0.717, 1.165) is 5.56 Å². The Morgan fingerprint density at radius 1 is 1.23 bits per heavy atom. The standard InChI is InChI=1S/C22H21ClN2O5/c1-4-29-20(26)13-30-21-18(23)10-15(11-19(21)28-3)9-16(12-24)22(27)25-17-7-5-14(2)6-8-17/h5-11H,4,13H2,1-3H3,(H,25,27)/b16-9+. The Bertz CT molecular complexity index is 994. The Morgan fingerprint density at radius 3 is 2.53 bits per heavy atom. The van der Waals surface area contributed by atoms with Crippen molar-refractivity contribution >= 4 is 35.2 Å². The lowest BCUT2D eigenvalue weighted by Gasteiger charge is -2.13. The zero-order valence-corrected chi connectivity index (χ0v) is 17.6. The molecule has 0 aliphatic heterocycles. The fourth-order valence-corrected chi connectivity index (χ4v) is 2.72. The zero-order chi connectivity index (χ0) is 22.1. The van der Waals surface area contributed by atoms with Crippen molar-refractivity contribution < 1.29 is 23.8 Å². The molecule has 0 heterocycles. The van der Waals surface area contributed by atoms with Gasteiger partial charge in [-0.25, -0.2) is 4.79 Å². The van der Waals surface area contributed by atoms with E-state index in [1.54, 1.807) is 25.1 Å². The number of carbonyl (C=O) groups is 2. The van der Waals surface area contributed by atoms with Crippen LogP contribution in [0.1, 0.15) is 18.1 Å². The Hall–Kier alpha value is -3.50. The molecule has 2 rings (SSSR count). The highest BCUT2D eigenvalue weighted by Crippen LogP contribution is 2.37. The Balaban J connectivity index is 2.24. The van der Waals surface area contributed by atoms with Crippen LogP contribution in [0, 0.1) is 18.3 Å². The molecule has 8 heteroatoms. The summed E-state index contributed by atoms with van der Waals surface area (Å²) < 4.78 is 15.5. The molecule has 1 N–H and O–H groups in total. The summed E-state index contributed by atoms with van der Waals surface area (Å²) in [6.45, 7) is 3.53. The van der Waals surface area contributed by atoms with E-state index in [-0.39, 0.29) is 35.3 Å². The molecule has 30 heavy (non-hydrogen) atoms. The lowest BCUT2D eigenvalue weighted by molar-refractivity contribution is -0.145. The molecule has 0 saturated heterocycles. The molecule has 0 fully saturated rings. The maximum Gasteiger partial charge on any atom is 0.344 e. The highest BCUT2D eigenvalue weighted by Gasteiger charge is 2.15. The number of hydrogen-bond donors (Lipinski definition) is 1. The maximum atomic E-state index is 12.4. The minimum Gasteiger partial charge on any atom is -0.493 e. The molecule has 2 aromatic rings. The molecule has 0 spiro atoms. The van der Waals surface area contributed by atoms with Gasteiger partial charge in [-0.05, 0) is 49.8 Å². The van der Waals surface area contributed by atoms with Crippen LogP contribution in [0.2, 0.25) is 5.02 Å². The number of esters is 1. The van der Waals surface area contributed by atoms with E-state index >= 15 is 0 Å². The molecule has 1 amide bonds. The summed E-state index contributed by atoms with van der Waals surface area (Å²) >= 11 is 6.25. The van der Waals surface area contributed by atoms with Gasteiger partial charge in [0.2, 0.25) is 0 Å². The quantitative estimate of drug-likeness (QED) is 0.385. The molecule has 0 aliphatic carbocycles. The van der Waals surface area contributed by atoms with Crippen molar-refractivity contribution in [3.63, 3.8) is 0 Å². The molecule has 156 valence electrons. The summed E-state index contributed by atoms with van der Waals surface area (Å²) in [4.78, 5) is 23.9. The first-order valence-corrected chi connectivity index (χ1v) is 9.41. The van der Waals surface area contributed by atoms with E-state index < -0.39 is 11.9 Å². The molecule has 0 radical (unpaired) electrons. The van der Waals surface area contributed by atoms with Crippen LogP contribution in [-0.4, -0.2) is 32.2 Å². The number of anilines is 1. The van der Waals surface area contributed by atoms with Gasteiger partial charge in [-0.3, -0.25) is 4.79 Å². The van der Waals surface area contributed by atoms with Crippen molar-refractivity contribution in [2.45, 2.75) is 13.8 Å². The number of benzene rings is 2. The second-order valence-corrected chi connectivity index (χ2v) is 6.52. The van der Waals surface area contributed by atoms with Gasteiger partial charge in [0.15, 0.2) is 18.1 Å². The van der Waals surface area contributed by atoms with E-state index in [4.69, 9.17) is 25.8 Å². The van der Waals surface area contributed by atoms with Crippen molar-refractivity contribution in [2.24, 2.45) is 0 Å². The van der Waals surface area contributed by atoms with Gasteiger partial charge in [-0.2, -0.15) is 5.26 Å². The van der Waals surface area contributed by atoms with Crippen LogP contribution >= 0.6 is 11.6 Å². The van der Waals surface area contributed by atoms with Gasteiger partial charge in [0, 0.05) is 5.69 Å². The average molecular weight is 429 g/mol. The molecule has 0 atom stereocenters. The van der Waals surface area contributed by atoms with Gasteiger partial charge in [0.25, 0.3) is 5.91 Å². The van der Waals surface area contributed by atoms with Crippen molar-refractivity contribution in [3.8, 4) is 17.6 Å². The second-order valence-electron chi connectivity index (χ2n) is 6.12. The fourth-order valence-electron chi connectivity index (χ4n) is 2.45. The number of carbonyl (C=O) groups excluding carboxylic acids is 2. The largest absolute Gasteiger partial charge is 0.493 e. The third kappa shape index (κ3) is 6.26. The van der Waals surface area contributed by atoms with Crippen molar-refractivity contribution in [2.75, 3.05) is 25.6 Å². The summed E-state index contributed by atoms with van der Waals surface area (Å²) in [7, 11) is 1.41. The number of methoxy groups -OCH3 is 1. The Kier molecular flexibility index (Phi) is 8.27. The van der Waals surface area contributed by atoms with E-state index in [1.165, 1.54) is 19.3 Å². The highest BCUT2D eigenvalue weighted by atomic mass is 35.5. The number of ether oxygens (including phenoxy) is 3. The number of rotatable bonds is 8. The van der Waals surface area contributed by atoms with Gasteiger partial charge < -0.3 is 19.5 Å². The molecule has 0 aromatic heterocycles.